The van der Waals surface area contributed by atoms with E-state index >= 15 is 0 Å². The van der Waals surface area contributed by atoms with Gasteiger partial charge in [-0.05, 0) is 17.5 Å². The van der Waals surface area contributed by atoms with Crippen LogP contribution in [0.4, 0.5) is 5.00 Å². The molecule has 0 spiro atoms. The van der Waals surface area contributed by atoms with Crippen LogP contribution >= 0.6 is 11.5 Å². The van der Waals surface area contributed by atoms with E-state index in [4.69, 9.17) is 10.5 Å². The Balaban J connectivity index is 3.27. The minimum atomic E-state index is 0.176. The first-order valence-electron chi connectivity index (χ1n) is 5.07. The van der Waals surface area contributed by atoms with Crippen molar-refractivity contribution in [1.29, 1.82) is 10.5 Å². The fourth-order valence-corrected chi connectivity index (χ4v) is 2.05. The lowest BCUT2D eigenvalue weighted by Gasteiger charge is -2.07. The highest BCUT2D eigenvalue weighted by atomic mass is 32.1. The largest absolute Gasteiger partial charge is 0.354 e. The van der Waals surface area contributed by atoms with E-state index in [1.165, 1.54) is 0 Å². The molecule has 0 radical (unpaired) electrons. The van der Waals surface area contributed by atoms with E-state index in [0.29, 0.717) is 10.6 Å². The number of nitrogens with zero attached hydrogens (tertiary/aromatic N) is 5. The minimum absolute atomic E-state index is 0.176. The molecule has 0 saturated carbocycles. The smallest absolute Gasteiger partial charge is 0.209 e. The van der Waals surface area contributed by atoms with Gasteiger partial charge in [-0.15, -0.1) is 0 Å². The van der Waals surface area contributed by atoms with Crippen molar-refractivity contribution in [2.75, 3.05) is 14.1 Å². The summed E-state index contributed by atoms with van der Waals surface area (Å²) in [6.07, 6.45) is 0. The van der Waals surface area contributed by atoms with E-state index in [0.717, 1.165) is 17.2 Å². The highest BCUT2D eigenvalue weighted by Crippen LogP contribution is 2.31. The van der Waals surface area contributed by atoms with Crippen LogP contribution in [0.3, 0.4) is 0 Å². The van der Waals surface area contributed by atoms with Crippen LogP contribution in [-0.4, -0.2) is 29.2 Å². The Labute approximate surface area is 105 Å². The summed E-state index contributed by atoms with van der Waals surface area (Å²) in [6, 6.07) is 4.09. The second-order valence-electron chi connectivity index (χ2n) is 3.96. The molecule has 0 amide bonds. The molecule has 6 heteroatoms. The number of hydrogen-bond donors (Lipinski definition) is 0. The normalized spacial score (nSPS) is 11.1. The first-order valence-corrected chi connectivity index (χ1v) is 5.84. The van der Waals surface area contributed by atoms with Crippen molar-refractivity contribution >= 4 is 22.4 Å². The number of amidine groups is 1. The van der Waals surface area contributed by atoms with E-state index in [2.05, 4.69) is 15.4 Å². The summed E-state index contributed by atoms with van der Waals surface area (Å²) in [6.45, 7) is 3.95. The first-order chi connectivity index (χ1) is 8.01. The van der Waals surface area contributed by atoms with Crippen molar-refractivity contribution in [3.05, 3.63) is 11.3 Å². The quantitative estimate of drug-likeness (QED) is 0.593. The van der Waals surface area contributed by atoms with Crippen LogP contribution in [-0.2, 0) is 0 Å². The Morgan fingerprint density at radius 1 is 1.41 bits per heavy atom. The number of hydrogen-bond acceptors (Lipinski definition) is 5. The summed E-state index contributed by atoms with van der Waals surface area (Å²) in [5, 5.41) is 18.5. The first kappa shape index (κ1) is 13.1. The van der Waals surface area contributed by atoms with E-state index in [1.54, 1.807) is 19.0 Å². The molecule has 0 aliphatic rings. The second kappa shape index (κ2) is 5.42. The molecule has 0 N–H and O–H groups in total. The third-order valence-corrected chi connectivity index (χ3v) is 2.85. The minimum Gasteiger partial charge on any atom is -0.354 e. The molecular weight excluding hydrogens is 234 g/mol. The van der Waals surface area contributed by atoms with Gasteiger partial charge in [0.2, 0.25) is 5.84 Å². The van der Waals surface area contributed by atoms with Crippen LogP contribution in [0.1, 0.15) is 31.0 Å². The van der Waals surface area contributed by atoms with Gasteiger partial charge in [-0.3, -0.25) is 0 Å². The Bertz CT molecular complexity index is 513. The molecule has 88 valence electrons. The van der Waals surface area contributed by atoms with Crippen LogP contribution < -0.4 is 0 Å². The van der Waals surface area contributed by atoms with Crippen molar-refractivity contribution < 1.29 is 0 Å². The summed E-state index contributed by atoms with van der Waals surface area (Å²) in [4.78, 5) is 5.77. The van der Waals surface area contributed by atoms with Gasteiger partial charge in [-0.2, -0.15) is 14.9 Å². The standard InChI is InChI=1S/C11H13N5S/c1-7(2)10-8(5-12)11(17-15-10)14-9(6-13)16(3)4/h7H,1-4H3. The van der Waals surface area contributed by atoms with Gasteiger partial charge in [0.1, 0.15) is 17.7 Å². The summed E-state index contributed by atoms with van der Waals surface area (Å²) in [5.74, 6) is 0.440. The van der Waals surface area contributed by atoms with Crippen molar-refractivity contribution in [3.8, 4) is 12.1 Å². The third-order valence-electron chi connectivity index (χ3n) is 2.09. The zero-order valence-electron chi connectivity index (χ0n) is 10.2. The van der Waals surface area contributed by atoms with Gasteiger partial charge in [-0.25, -0.2) is 4.99 Å². The van der Waals surface area contributed by atoms with E-state index in [9.17, 15) is 0 Å². The van der Waals surface area contributed by atoms with Crippen molar-refractivity contribution in [2.45, 2.75) is 19.8 Å². The highest BCUT2D eigenvalue weighted by Gasteiger charge is 2.16. The number of aliphatic imine (C=N–C) groups is 1. The predicted octanol–water partition coefficient (Wildman–Crippen LogP) is 2.25. The van der Waals surface area contributed by atoms with Crippen LogP contribution in [0.25, 0.3) is 0 Å². The second-order valence-corrected chi connectivity index (χ2v) is 4.71. The Kier molecular flexibility index (Phi) is 4.19. The maximum atomic E-state index is 9.11. The predicted molar refractivity (Wildman–Crippen MR) is 67.3 cm³/mol. The van der Waals surface area contributed by atoms with Crippen LogP contribution in [0.5, 0.6) is 0 Å². The molecule has 1 rings (SSSR count). The van der Waals surface area contributed by atoms with E-state index < -0.39 is 0 Å². The fraction of sp³-hybridized carbons (Fsp3) is 0.455. The lowest BCUT2D eigenvalue weighted by atomic mass is 10.1. The molecule has 0 bridgehead atoms. The Hall–Kier alpha value is -1.92. The van der Waals surface area contributed by atoms with Crippen LogP contribution in [0.15, 0.2) is 4.99 Å². The SMILES string of the molecule is CC(C)c1nsc(N=C(C#N)N(C)C)c1C#N. The molecule has 1 heterocycles. The molecule has 0 aliphatic carbocycles. The summed E-state index contributed by atoms with van der Waals surface area (Å²) in [7, 11) is 3.47. The molecule has 5 nitrogen and oxygen atoms in total. The van der Waals surface area contributed by atoms with Crippen molar-refractivity contribution in [3.63, 3.8) is 0 Å². The molecule has 0 aliphatic heterocycles. The van der Waals surface area contributed by atoms with Gasteiger partial charge in [0.15, 0.2) is 5.00 Å². The summed E-state index contributed by atoms with van der Waals surface area (Å²) < 4.78 is 4.22. The van der Waals surface area contributed by atoms with Gasteiger partial charge in [0.25, 0.3) is 0 Å². The maximum Gasteiger partial charge on any atom is 0.209 e. The number of rotatable bonds is 2. The van der Waals surface area contributed by atoms with Gasteiger partial charge in [0.05, 0.1) is 5.69 Å². The zero-order chi connectivity index (χ0) is 13.0. The van der Waals surface area contributed by atoms with Crippen LogP contribution in [0.2, 0.25) is 0 Å². The summed E-state index contributed by atoms with van der Waals surface area (Å²) >= 11 is 1.15. The van der Waals surface area contributed by atoms with Gasteiger partial charge >= 0.3 is 0 Å². The molecule has 0 atom stereocenters. The van der Waals surface area contributed by atoms with Gasteiger partial charge in [0, 0.05) is 14.1 Å². The molecular formula is C11H13N5S. The average Bonchev–Trinajstić information content (AvgIpc) is 2.67. The van der Waals surface area contributed by atoms with Crippen molar-refractivity contribution in [2.24, 2.45) is 4.99 Å². The van der Waals surface area contributed by atoms with Crippen molar-refractivity contribution in [1.82, 2.24) is 9.27 Å². The number of aromatic nitrogens is 1. The molecule has 0 unspecified atom stereocenters. The zero-order valence-corrected chi connectivity index (χ0v) is 11.0. The van der Waals surface area contributed by atoms with Crippen LogP contribution in [0, 0.1) is 22.7 Å². The molecule has 1 aromatic rings. The maximum absolute atomic E-state index is 9.11. The lowest BCUT2D eigenvalue weighted by molar-refractivity contribution is 0.628. The summed E-state index contributed by atoms with van der Waals surface area (Å²) in [5.41, 5.74) is 1.21. The highest BCUT2D eigenvalue weighted by molar-refractivity contribution is 7.10. The van der Waals surface area contributed by atoms with E-state index in [-0.39, 0.29) is 11.8 Å². The topological polar surface area (TPSA) is 76.1 Å². The molecule has 17 heavy (non-hydrogen) atoms. The molecule has 1 aromatic heterocycles. The number of nitriles is 2. The van der Waals surface area contributed by atoms with Gasteiger partial charge in [-0.1, -0.05) is 13.8 Å². The lowest BCUT2D eigenvalue weighted by Crippen LogP contribution is -2.19. The fourth-order valence-electron chi connectivity index (χ4n) is 1.19. The average molecular weight is 247 g/mol. The van der Waals surface area contributed by atoms with Gasteiger partial charge < -0.3 is 4.90 Å². The Morgan fingerprint density at radius 3 is 2.47 bits per heavy atom. The van der Waals surface area contributed by atoms with E-state index in [1.807, 2.05) is 19.9 Å². The molecule has 0 fully saturated rings. The third kappa shape index (κ3) is 2.80. The Morgan fingerprint density at radius 2 is 2.06 bits per heavy atom. The molecule has 0 saturated heterocycles. The monoisotopic (exact) mass is 247 g/mol. The molecule has 0 aromatic carbocycles.